The van der Waals surface area contributed by atoms with E-state index in [-0.39, 0.29) is 23.5 Å². The van der Waals surface area contributed by atoms with Crippen molar-refractivity contribution in [2.45, 2.75) is 37.3 Å². The molecule has 4 rings (SSSR count). The minimum atomic E-state index is -4.87. The number of alkyl halides is 4. The fourth-order valence-corrected chi connectivity index (χ4v) is 3.20. The first-order valence-corrected chi connectivity index (χ1v) is 8.95. The van der Waals surface area contributed by atoms with Gasteiger partial charge in [0, 0.05) is 6.54 Å². The van der Waals surface area contributed by atoms with E-state index in [2.05, 4.69) is 20.3 Å². The van der Waals surface area contributed by atoms with Gasteiger partial charge in [-0.15, -0.1) is 0 Å². The predicted octanol–water partition coefficient (Wildman–Crippen LogP) is 2.48. The van der Waals surface area contributed by atoms with Crippen molar-refractivity contribution in [2.75, 3.05) is 11.9 Å². The molecule has 0 spiro atoms. The summed E-state index contributed by atoms with van der Waals surface area (Å²) in [4.78, 5) is 11.0. The number of nitrogens with zero attached hydrogens (tertiary/aromatic N) is 4. The Morgan fingerprint density at radius 1 is 1.20 bits per heavy atom. The number of aliphatic hydroxyl groups is 1. The quantitative estimate of drug-likeness (QED) is 0.608. The van der Waals surface area contributed by atoms with Gasteiger partial charge in [-0.25, -0.2) is 24.4 Å². The summed E-state index contributed by atoms with van der Waals surface area (Å²) in [5.74, 6) is -1.63. The molecule has 3 heterocycles. The van der Waals surface area contributed by atoms with E-state index in [4.69, 9.17) is 4.74 Å². The lowest BCUT2D eigenvalue weighted by atomic mass is 10.1. The molecule has 1 saturated heterocycles. The molecule has 30 heavy (non-hydrogen) atoms. The van der Waals surface area contributed by atoms with Gasteiger partial charge in [-0.05, 0) is 5.56 Å². The fraction of sp³-hybridized carbons (Fsp3) is 0.389. The lowest BCUT2D eigenvalue weighted by molar-refractivity contribution is -0.144. The topological polar surface area (TPSA) is 105 Å². The number of halogens is 4. The summed E-state index contributed by atoms with van der Waals surface area (Å²) < 4.78 is 60.7. The number of imidazole rings is 1. The summed E-state index contributed by atoms with van der Waals surface area (Å²) in [5, 5.41) is 23.7. The van der Waals surface area contributed by atoms with Gasteiger partial charge in [0.05, 0.1) is 6.33 Å². The first-order valence-electron chi connectivity index (χ1n) is 8.95. The molecule has 1 aliphatic rings. The summed E-state index contributed by atoms with van der Waals surface area (Å²) in [6.07, 6.45) is -10.4. The molecule has 0 amide bonds. The van der Waals surface area contributed by atoms with Crippen LogP contribution in [0.2, 0.25) is 0 Å². The molecule has 12 heteroatoms. The second kappa shape index (κ2) is 7.78. The summed E-state index contributed by atoms with van der Waals surface area (Å²) in [6.45, 7) is -0.739. The van der Waals surface area contributed by atoms with E-state index >= 15 is 0 Å². The van der Waals surface area contributed by atoms with Gasteiger partial charge in [0.25, 0.3) is 0 Å². The lowest BCUT2D eigenvalue weighted by Crippen LogP contribution is -2.30. The van der Waals surface area contributed by atoms with Crippen LogP contribution in [0.5, 0.6) is 0 Å². The largest absolute Gasteiger partial charge is 0.451 e. The molecule has 4 atom stereocenters. The van der Waals surface area contributed by atoms with Crippen molar-refractivity contribution in [3.63, 3.8) is 0 Å². The van der Waals surface area contributed by atoms with Crippen LogP contribution in [0, 0.1) is 0 Å². The first kappa shape index (κ1) is 20.4. The molecule has 1 aliphatic heterocycles. The fourth-order valence-electron chi connectivity index (χ4n) is 3.20. The van der Waals surface area contributed by atoms with E-state index in [1.54, 1.807) is 30.3 Å². The molecular weight excluding hydrogens is 410 g/mol. The Labute approximate surface area is 167 Å². The van der Waals surface area contributed by atoms with E-state index in [0.29, 0.717) is 0 Å². The second-order valence-corrected chi connectivity index (χ2v) is 6.72. The molecule has 0 aliphatic carbocycles. The maximum Gasteiger partial charge on any atom is 0.451 e. The zero-order chi connectivity index (χ0) is 21.5. The monoisotopic (exact) mass is 426 g/mol. The number of ether oxygens (including phenoxy) is 1. The van der Waals surface area contributed by atoms with Crippen LogP contribution < -0.4 is 5.32 Å². The van der Waals surface area contributed by atoms with Crippen LogP contribution in [-0.2, 0) is 22.6 Å². The van der Waals surface area contributed by atoms with Gasteiger partial charge in [-0.2, -0.15) is 13.2 Å². The molecule has 0 saturated carbocycles. The molecule has 2 N–H and O–H groups in total. The number of rotatable bonds is 5. The van der Waals surface area contributed by atoms with Crippen molar-refractivity contribution >= 4 is 17.0 Å². The molecule has 1 fully saturated rings. The SMILES string of the molecule is [O]C[C@H]1O[C@@H](n2cnc3c(NCc4ccccc4)nc(C(F)(F)F)nc32)[C@@H](F)[C@@H]1O. The lowest BCUT2D eigenvalue weighted by Gasteiger charge is -2.16. The Balaban J connectivity index is 1.75. The van der Waals surface area contributed by atoms with Crippen molar-refractivity contribution in [2.24, 2.45) is 0 Å². The summed E-state index contributed by atoms with van der Waals surface area (Å²) in [5.41, 5.74) is 0.427. The van der Waals surface area contributed by atoms with Gasteiger partial charge in [-0.1, -0.05) is 30.3 Å². The van der Waals surface area contributed by atoms with Crippen LogP contribution in [0.3, 0.4) is 0 Å². The molecule has 0 bridgehead atoms. The summed E-state index contributed by atoms with van der Waals surface area (Å²) >= 11 is 0. The van der Waals surface area contributed by atoms with Crippen LogP contribution in [0.1, 0.15) is 17.6 Å². The number of benzene rings is 1. The van der Waals surface area contributed by atoms with Crippen molar-refractivity contribution in [1.29, 1.82) is 0 Å². The van der Waals surface area contributed by atoms with Gasteiger partial charge in [0.2, 0.25) is 5.82 Å². The number of nitrogens with one attached hydrogen (secondary N) is 1. The number of anilines is 1. The van der Waals surface area contributed by atoms with Crippen LogP contribution in [-0.4, -0.2) is 49.6 Å². The smallest absolute Gasteiger partial charge is 0.387 e. The highest BCUT2D eigenvalue weighted by molar-refractivity contribution is 5.83. The van der Waals surface area contributed by atoms with Crippen LogP contribution >= 0.6 is 0 Å². The molecule has 2 aromatic heterocycles. The van der Waals surface area contributed by atoms with Crippen LogP contribution in [0.25, 0.3) is 11.2 Å². The highest BCUT2D eigenvalue weighted by Gasteiger charge is 2.46. The number of hydrogen-bond acceptors (Lipinski definition) is 6. The van der Waals surface area contributed by atoms with Gasteiger partial charge in [0.15, 0.2) is 29.4 Å². The number of hydrogen-bond donors (Lipinski definition) is 2. The Hall–Kier alpha value is -2.83. The molecule has 8 nitrogen and oxygen atoms in total. The number of fused-ring (bicyclic) bond motifs is 1. The Kier molecular flexibility index (Phi) is 5.30. The molecule has 159 valence electrons. The zero-order valence-electron chi connectivity index (χ0n) is 15.3. The van der Waals surface area contributed by atoms with Crippen molar-refractivity contribution in [1.82, 2.24) is 19.5 Å². The third-order valence-electron chi connectivity index (χ3n) is 4.71. The zero-order valence-corrected chi connectivity index (χ0v) is 15.3. The van der Waals surface area contributed by atoms with Gasteiger partial charge >= 0.3 is 6.18 Å². The molecular formula is C18H16F4N5O3. The Morgan fingerprint density at radius 3 is 2.57 bits per heavy atom. The molecule has 1 radical (unpaired) electrons. The minimum absolute atomic E-state index is 0.0326. The second-order valence-electron chi connectivity index (χ2n) is 6.72. The van der Waals surface area contributed by atoms with Gasteiger partial charge in [0.1, 0.15) is 18.8 Å². The maximum absolute atomic E-state index is 14.5. The van der Waals surface area contributed by atoms with E-state index in [1.165, 1.54) is 0 Å². The average molecular weight is 426 g/mol. The Morgan fingerprint density at radius 2 is 1.93 bits per heavy atom. The number of aromatic nitrogens is 4. The maximum atomic E-state index is 14.5. The third kappa shape index (κ3) is 3.68. The molecule has 0 unspecified atom stereocenters. The van der Waals surface area contributed by atoms with Gasteiger partial charge in [-0.3, -0.25) is 4.57 Å². The van der Waals surface area contributed by atoms with E-state index < -0.39 is 43.2 Å². The number of aliphatic hydroxyl groups excluding tert-OH is 1. The van der Waals surface area contributed by atoms with Crippen LogP contribution in [0.15, 0.2) is 36.7 Å². The molecule has 3 aromatic rings. The average Bonchev–Trinajstić information content (AvgIpc) is 3.27. The minimum Gasteiger partial charge on any atom is -0.387 e. The van der Waals surface area contributed by atoms with E-state index in [9.17, 15) is 27.8 Å². The molecule has 1 aromatic carbocycles. The Bertz CT molecular complexity index is 1030. The normalized spacial score (nSPS) is 24.5. The van der Waals surface area contributed by atoms with Gasteiger partial charge < -0.3 is 15.2 Å². The highest BCUT2D eigenvalue weighted by atomic mass is 19.4. The van der Waals surface area contributed by atoms with Crippen LogP contribution in [0.4, 0.5) is 23.4 Å². The summed E-state index contributed by atoms with van der Waals surface area (Å²) in [6, 6.07) is 8.91. The van der Waals surface area contributed by atoms with Crippen molar-refractivity contribution < 1.29 is 32.5 Å². The highest BCUT2D eigenvalue weighted by Crippen LogP contribution is 2.36. The standard InChI is InChI=1S/C18H16F4N5O3/c19-11-13(29)10(7-28)30-16(11)27-8-24-12-14(23-6-9-4-2-1-3-5-9)25-17(18(20,21)22)26-15(12)27/h1-5,8,10-11,13,16,29H,6-7H2,(H,23,25,26)/t10-,11+,13-,16-/m1/s1. The van der Waals surface area contributed by atoms with Crippen molar-refractivity contribution in [3.8, 4) is 0 Å². The van der Waals surface area contributed by atoms with E-state index in [0.717, 1.165) is 16.5 Å². The first-order chi connectivity index (χ1) is 14.3. The van der Waals surface area contributed by atoms with E-state index in [1.807, 2.05) is 0 Å². The predicted molar refractivity (Wildman–Crippen MR) is 94.5 cm³/mol. The van der Waals surface area contributed by atoms with Crippen molar-refractivity contribution in [3.05, 3.63) is 48.0 Å². The third-order valence-corrected chi connectivity index (χ3v) is 4.71. The summed E-state index contributed by atoms with van der Waals surface area (Å²) in [7, 11) is 0.